The first-order chi connectivity index (χ1) is 10.2. The molecule has 1 aromatic heterocycles. The second kappa shape index (κ2) is 8.17. The number of carbonyl (C=O) groups is 1. The molecule has 0 bridgehead atoms. The van der Waals surface area contributed by atoms with Crippen LogP contribution in [0.25, 0.3) is 0 Å². The molecule has 0 spiro atoms. The van der Waals surface area contributed by atoms with Crippen molar-refractivity contribution in [3.63, 3.8) is 0 Å². The van der Waals surface area contributed by atoms with Crippen LogP contribution in [0.4, 0.5) is 0 Å². The highest BCUT2D eigenvalue weighted by molar-refractivity contribution is 5.78. The normalized spacial score (nSPS) is 16.1. The Bertz CT molecular complexity index is 431. The van der Waals surface area contributed by atoms with E-state index < -0.39 is 0 Å². The average Bonchev–Trinajstić information content (AvgIpc) is 2.80. The van der Waals surface area contributed by atoms with E-state index in [1.165, 1.54) is 32.1 Å². The van der Waals surface area contributed by atoms with E-state index >= 15 is 0 Å². The highest BCUT2D eigenvalue weighted by Crippen LogP contribution is 2.20. The Morgan fingerprint density at radius 2 is 2.10 bits per heavy atom. The third-order valence-electron chi connectivity index (χ3n) is 4.07. The summed E-state index contributed by atoms with van der Waals surface area (Å²) in [4.78, 5) is 11.9. The summed E-state index contributed by atoms with van der Waals surface area (Å²) >= 11 is 0. The molecule has 1 N–H and O–H groups in total. The molecule has 1 fully saturated rings. The highest BCUT2D eigenvalue weighted by Gasteiger charge is 2.14. The molecule has 2 rings (SSSR count). The average molecular weight is 294 g/mol. The fourth-order valence-corrected chi connectivity index (χ4v) is 2.76. The van der Waals surface area contributed by atoms with Crippen molar-refractivity contribution in [1.29, 1.82) is 0 Å². The molecule has 1 saturated carbocycles. The van der Waals surface area contributed by atoms with E-state index in [0.717, 1.165) is 30.0 Å². The topological polar surface area (TPSA) is 64.4 Å². The Labute approximate surface area is 126 Å². The van der Waals surface area contributed by atoms with Gasteiger partial charge in [0.15, 0.2) is 0 Å². The van der Waals surface area contributed by atoms with Crippen LogP contribution in [0.1, 0.15) is 55.5 Å². The van der Waals surface area contributed by atoms with Gasteiger partial charge in [-0.3, -0.25) is 4.79 Å². The first-order valence-corrected chi connectivity index (χ1v) is 7.97. The van der Waals surface area contributed by atoms with Crippen molar-refractivity contribution < 1.29 is 14.1 Å². The molecule has 0 aromatic carbocycles. The summed E-state index contributed by atoms with van der Waals surface area (Å²) in [5.41, 5.74) is 1.69. The zero-order chi connectivity index (χ0) is 15.1. The lowest BCUT2D eigenvalue weighted by Crippen LogP contribution is -2.27. The maximum Gasteiger partial charge on any atom is 0.224 e. The Hall–Kier alpha value is -1.36. The van der Waals surface area contributed by atoms with Crippen LogP contribution in [0.15, 0.2) is 4.52 Å². The standard InChI is InChI=1S/C16H26N2O3/c1-12-15(13(2)21-18-12)11-16(19)17-9-6-10-20-14-7-4-3-5-8-14/h14H,3-11H2,1-2H3,(H,17,19). The zero-order valence-corrected chi connectivity index (χ0v) is 13.1. The molecule has 1 aliphatic carbocycles. The van der Waals surface area contributed by atoms with Gasteiger partial charge in [-0.15, -0.1) is 0 Å². The summed E-state index contributed by atoms with van der Waals surface area (Å²) in [5.74, 6) is 0.741. The van der Waals surface area contributed by atoms with Gasteiger partial charge in [0.25, 0.3) is 0 Å². The van der Waals surface area contributed by atoms with E-state index in [0.29, 0.717) is 19.1 Å². The van der Waals surface area contributed by atoms with Gasteiger partial charge in [-0.1, -0.05) is 24.4 Å². The number of nitrogens with one attached hydrogen (secondary N) is 1. The second-order valence-electron chi connectivity index (χ2n) is 5.81. The Kier molecular flexibility index (Phi) is 6.23. The van der Waals surface area contributed by atoms with Crippen molar-refractivity contribution in [1.82, 2.24) is 10.5 Å². The number of aryl methyl sites for hydroxylation is 2. The molecule has 1 aromatic rings. The second-order valence-corrected chi connectivity index (χ2v) is 5.81. The molecular weight excluding hydrogens is 268 g/mol. The minimum atomic E-state index is 0.0158. The first kappa shape index (κ1) is 16.0. The molecule has 5 nitrogen and oxygen atoms in total. The largest absolute Gasteiger partial charge is 0.378 e. The number of carbonyl (C=O) groups excluding carboxylic acids is 1. The minimum Gasteiger partial charge on any atom is -0.378 e. The number of aromatic nitrogens is 1. The number of hydrogen-bond donors (Lipinski definition) is 1. The van der Waals surface area contributed by atoms with Crippen LogP contribution in [-0.4, -0.2) is 30.3 Å². The van der Waals surface area contributed by atoms with Crippen LogP contribution < -0.4 is 5.32 Å². The Morgan fingerprint density at radius 1 is 1.33 bits per heavy atom. The molecule has 0 unspecified atom stereocenters. The molecule has 5 heteroatoms. The number of ether oxygens (including phenoxy) is 1. The Morgan fingerprint density at radius 3 is 2.76 bits per heavy atom. The van der Waals surface area contributed by atoms with Gasteiger partial charge in [0.1, 0.15) is 5.76 Å². The van der Waals surface area contributed by atoms with E-state index in [1.54, 1.807) is 0 Å². The van der Waals surface area contributed by atoms with Crippen LogP contribution >= 0.6 is 0 Å². The van der Waals surface area contributed by atoms with E-state index in [-0.39, 0.29) is 5.91 Å². The molecule has 0 saturated heterocycles. The SMILES string of the molecule is Cc1noc(C)c1CC(=O)NCCCOC1CCCCC1. The van der Waals surface area contributed by atoms with Gasteiger partial charge in [-0.05, 0) is 33.1 Å². The quantitative estimate of drug-likeness (QED) is 0.785. The third-order valence-corrected chi connectivity index (χ3v) is 4.07. The molecule has 21 heavy (non-hydrogen) atoms. The van der Waals surface area contributed by atoms with E-state index in [4.69, 9.17) is 9.26 Å². The van der Waals surface area contributed by atoms with E-state index in [2.05, 4.69) is 10.5 Å². The summed E-state index contributed by atoms with van der Waals surface area (Å²) in [6.45, 7) is 5.09. The lowest BCUT2D eigenvalue weighted by molar-refractivity contribution is -0.120. The van der Waals surface area contributed by atoms with Crippen LogP contribution in [0.5, 0.6) is 0 Å². The zero-order valence-electron chi connectivity index (χ0n) is 13.1. The highest BCUT2D eigenvalue weighted by atomic mass is 16.5. The lowest BCUT2D eigenvalue weighted by Gasteiger charge is -2.21. The molecule has 0 atom stereocenters. The van der Waals surface area contributed by atoms with Gasteiger partial charge in [0, 0.05) is 18.7 Å². The van der Waals surface area contributed by atoms with Gasteiger partial charge in [-0.25, -0.2) is 0 Å². The van der Waals surface area contributed by atoms with Crippen LogP contribution in [0, 0.1) is 13.8 Å². The van der Waals surface area contributed by atoms with Gasteiger partial charge in [0.2, 0.25) is 5.91 Å². The molecule has 1 amide bonds. The summed E-state index contributed by atoms with van der Waals surface area (Å²) in [5, 5.41) is 6.78. The molecule has 118 valence electrons. The molecule has 1 heterocycles. The Balaban J connectivity index is 1.57. The molecule has 0 radical (unpaired) electrons. The van der Waals surface area contributed by atoms with Crippen molar-refractivity contribution in [2.24, 2.45) is 0 Å². The van der Waals surface area contributed by atoms with Crippen molar-refractivity contribution in [3.8, 4) is 0 Å². The van der Waals surface area contributed by atoms with E-state index in [9.17, 15) is 4.79 Å². The maximum absolute atomic E-state index is 11.9. The summed E-state index contributed by atoms with van der Waals surface area (Å²) in [7, 11) is 0. The fraction of sp³-hybridized carbons (Fsp3) is 0.750. The number of rotatable bonds is 7. The van der Waals surface area contributed by atoms with Crippen LogP contribution in [0.2, 0.25) is 0 Å². The predicted octanol–water partition coefficient (Wildman–Crippen LogP) is 2.69. The van der Waals surface area contributed by atoms with Crippen molar-refractivity contribution in [2.45, 2.75) is 64.9 Å². The minimum absolute atomic E-state index is 0.0158. The summed E-state index contributed by atoms with van der Waals surface area (Å²) in [6.07, 6.45) is 7.96. The third kappa shape index (κ3) is 5.16. The number of nitrogens with zero attached hydrogens (tertiary/aromatic N) is 1. The predicted molar refractivity (Wildman–Crippen MR) is 80.1 cm³/mol. The molecular formula is C16H26N2O3. The number of amides is 1. The molecule has 1 aliphatic rings. The van der Waals surface area contributed by atoms with Crippen molar-refractivity contribution in [3.05, 3.63) is 17.0 Å². The summed E-state index contributed by atoms with van der Waals surface area (Å²) < 4.78 is 10.9. The molecule has 0 aliphatic heterocycles. The smallest absolute Gasteiger partial charge is 0.224 e. The lowest BCUT2D eigenvalue weighted by atomic mass is 9.98. The van der Waals surface area contributed by atoms with Crippen LogP contribution in [0.3, 0.4) is 0 Å². The fourth-order valence-electron chi connectivity index (χ4n) is 2.76. The maximum atomic E-state index is 11.9. The first-order valence-electron chi connectivity index (χ1n) is 7.97. The summed E-state index contributed by atoms with van der Waals surface area (Å²) in [6, 6.07) is 0. The van der Waals surface area contributed by atoms with Gasteiger partial charge >= 0.3 is 0 Å². The van der Waals surface area contributed by atoms with Crippen molar-refractivity contribution >= 4 is 5.91 Å². The van der Waals surface area contributed by atoms with E-state index in [1.807, 2.05) is 13.8 Å². The van der Waals surface area contributed by atoms with Crippen molar-refractivity contribution in [2.75, 3.05) is 13.2 Å². The van der Waals surface area contributed by atoms with Gasteiger partial charge in [0.05, 0.1) is 18.2 Å². The number of hydrogen-bond acceptors (Lipinski definition) is 4. The monoisotopic (exact) mass is 294 g/mol. The van der Waals surface area contributed by atoms with Crippen LogP contribution in [-0.2, 0) is 16.0 Å². The van der Waals surface area contributed by atoms with Gasteiger partial charge < -0.3 is 14.6 Å². The van der Waals surface area contributed by atoms with Gasteiger partial charge in [-0.2, -0.15) is 0 Å².